The monoisotopic (exact) mass is 290 g/mol. The van der Waals surface area contributed by atoms with E-state index in [1.165, 1.54) is 12.8 Å². The van der Waals surface area contributed by atoms with E-state index in [9.17, 15) is 13.5 Å². The van der Waals surface area contributed by atoms with Crippen molar-refractivity contribution in [3.8, 4) is 0 Å². The number of hydrogen-bond donors (Lipinski definition) is 1. The first-order chi connectivity index (χ1) is 8.76. The lowest BCUT2D eigenvalue weighted by atomic mass is 9.73. The molecule has 0 spiro atoms. The summed E-state index contributed by atoms with van der Waals surface area (Å²) in [5.74, 6) is 1.72. The summed E-state index contributed by atoms with van der Waals surface area (Å²) in [5, 5.41) is 10.6. The molecule has 0 aliphatic heterocycles. The molecule has 2 atom stereocenters. The molecule has 0 aromatic heterocycles. The SMILES string of the molecule is CCS(=O)(=O)CCCC1(O)CCCC(CC(C)C)C1. The zero-order valence-corrected chi connectivity index (χ0v) is 13.5. The highest BCUT2D eigenvalue weighted by atomic mass is 32.2. The van der Waals surface area contributed by atoms with Gasteiger partial charge in [-0.2, -0.15) is 0 Å². The van der Waals surface area contributed by atoms with E-state index in [4.69, 9.17) is 0 Å². The maximum Gasteiger partial charge on any atom is 0.150 e. The Morgan fingerprint density at radius 3 is 2.63 bits per heavy atom. The van der Waals surface area contributed by atoms with Gasteiger partial charge in [0.15, 0.2) is 0 Å². The molecule has 4 heteroatoms. The van der Waals surface area contributed by atoms with Crippen molar-refractivity contribution in [1.82, 2.24) is 0 Å². The Kier molecular flexibility index (Phi) is 6.31. The minimum atomic E-state index is -2.89. The standard InChI is InChI=1S/C15H30O3S/c1-4-19(17,18)10-6-9-15(16)8-5-7-14(12-15)11-13(2)3/h13-14,16H,4-12H2,1-3H3. The summed E-state index contributed by atoms with van der Waals surface area (Å²) in [5.41, 5.74) is -0.610. The second-order valence-corrected chi connectivity index (χ2v) is 9.13. The fourth-order valence-electron chi connectivity index (χ4n) is 3.32. The largest absolute Gasteiger partial charge is 0.390 e. The third-order valence-corrected chi connectivity index (χ3v) is 6.06. The molecule has 0 radical (unpaired) electrons. The Labute approximate surface area is 118 Å². The lowest BCUT2D eigenvalue weighted by Crippen LogP contribution is -2.36. The average molecular weight is 290 g/mol. The summed E-state index contributed by atoms with van der Waals surface area (Å²) in [4.78, 5) is 0. The van der Waals surface area contributed by atoms with Crippen molar-refractivity contribution >= 4 is 9.84 Å². The lowest BCUT2D eigenvalue weighted by molar-refractivity contribution is -0.0265. The molecule has 2 unspecified atom stereocenters. The van der Waals surface area contributed by atoms with Crippen molar-refractivity contribution in [3.05, 3.63) is 0 Å². The summed E-state index contributed by atoms with van der Waals surface area (Å²) in [6.45, 7) is 6.13. The molecule has 1 fully saturated rings. The van der Waals surface area contributed by atoms with E-state index in [-0.39, 0.29) is 11.5 Å². The molecule has 0 heterocycles. The molecule has 0 bridgehead atoms. The highest BCUT2D eigenvalue weighted by molar-refractivity contribution is 7.91. The molecule has 19 heavy (non-hydrogen) atoms. The predicted octanol–water partition coefficient (Wildman–Crippen LogP) is 3.17. The number of rotatable bonds is 7. The van der Waals surface area contributed by atoms with Crippen LogP contribution in [0.2, 0.25) is 0 Å². The molecule has 1 aliphatic rings. The molecule has 3 nitrogen and oxygen atoms in total. The Hall–Kier alpha value is -0.0900. The molecule has 1 aliphatic carbocycles. The van der Waals surface area contributed by atoms with E-state index in [2.05, 4.69) is 13.8 Å². The fourth-order valence-corrected chi connectivity index (χ4v) is 4.19. The second-order valence-electron chi connectivity index (χ2n) is 6.66. The van der Waals surface area contributed by atoms with E-state index in [1.54, 1.807) is 6.92 Å². The third kappa shape index (κ3) is 6.26. The summed E-state index contributed by atoms with van der Waals surface area (Å²) in [6, 6.07) is 0. The van der Waals surface area contributed by atoms with Gasteiger partial charge < -0.3 is 5.11 Å². The van der Waals surface area contributed by atoms with Gasteiger partial charge in [0, 0.05) is 5.75 Å². The number of sulfone groups is 1. The van der Waals surface area contributed by atoms with Gasteiger partial charge in [0.2, 0.25) is 0 Å². The van der Waals surface area contributed by atoms with Crippen LogP contribution in [0.15, 0.2) is 0 Å². The number of aliphatic hydroxyl groups is 1. The van der Waals surface area contributed by atoms with Gasteiger partial charge in [-0.25, -0.2) is 8.42 Å². The number of hydrogen-bond acceptors (Lipinski definition) is 3. The zero-order valence-electron chi connectivity index (χ0n) is 12.7. The van der Waals surface area contributed by atoms with Crippen molar-refractivity contribution in [2.45, 2.75) is 71.3 Å². The smallest absolute Gasteiger partial charge is 0.150 e. The molecule has 0 saturated heterocycles. The van der Waals surface area contributed by atoms with Gasteiger partial charge in [-0.3, -0.25) is 0 Å². The Morgan fingerprint density at radius 1 is 1.37 bits per heavy atom. The molecule has 0 amide bonds. The van der Waals surface area contributed by atoms with Crippen LogP contribution in [0.1, 0.15) is 65.7 Å². The van der Waals surface area contributed by atoms with Crippen LogP contribution < -0.4 is 0 Å². The van der Waals surface area contributed by atoms with Crippen LogP contribution >= 0.6 is 0 Å². The summed E-state index contributed by atoms with van der Waals surface area (Å²) < 4.78 is 22.9. The van der Waals surface area contributed by atoms with Crippen LogP contribution in [0.3, 0.4) is 0 Å². The van der Waals surface area contributed by atoms with Crippen molar-refractivity contribution in [2.75, 3.05) is 11.5 Å². The lowest BCUT2D eigenvalue weighted by Gasteiger charge is -2.37. The zero-order chi connectivity index (χ0) is 14.5. The van der Waals surface area contributed by atoms with Crippen molar-refractivity contribution in [2.24, 2.45) is 11.8 Å². The van der Waals surface area contributed by atoms with Gasteiger partial charge in [0.05, 0.1) is 11.4 Å². The summed E-state index contributed by atoms with van der Waals surface area (Å²) in [7, 11) is -2.89. The van der Waals surface area contributed by atoms with E-state index < -0.39 is 15.4 Å². The van der Waals surface area contributed by atoms with Crippen LogP contribution in [0.4, 0.5) is 0 Å². The first-order valence-electron chi connectivity index (χ1n) is 7.69. The van der Waals surface area contributed by atoms with Crippen molar-refractivity contribution in [3.63, 3.8) is 0 Å². The normalized spacial score (nSPS) is 28.8. The van der Waals surface area contributed by atoms with Gasteiger partial charge in [0.1, 0.15) is 9.84 Å². The van der Waals surface area contributed by atoms with Crippen molar-refractivity contribution < 1.29 is 13.5 Å². The highest BCUT2D eigenvalue weighted by Crippen LogP contribution is 2.38. The van der Waals surface area contributed by atoms with Gasteiger partial charge in [0.25, 0.3) is 0 Å². The maximum absolute atomic E-state index is 11.5. The Balaban J connectivity index is 2.42. The molecule has 0 aromatic rings. The van der Waals surface area contributed by atoms with Crippen molar-refractivity contribution in [1.29, 1.82) is 0 Å². The Morgan fingerprint density at radius 2 is 2.05 bits per heavy atom. The molecule has 0 aromatic carbocycles. The minimum Gasteiger partial charge on any atom is -0.390 e. The fraction of sp³-hybridized carbons (Fsp3) is 1.00. The molecular weight excluding hydrogens is 260 g/mol. The first-order valence-corrected chi connectivity index (χ1v) is 9.51. The van der Waals surface area contributed by atoms with Gasteiger partial charge in [-0.1, -0.05) is 33.6 Å². The quantitative estimate of drug-likeness (QED) is 0.783. The van der Waals surface area contributed by atoms with Gasteiger partial charge in [-0.15, -0.1) is 0 Å². The third-order valence-electron chi connectivity index (χ3n) is 4.27. The first kappa shape index (κ1) is 17.0. The summed E-state index contributed by atoms with van der Waals surface area (Å²) in [6.07, 6.45) is 6.41. The molecule has 1 saturated carbocycles. The van der Waals surface area contributed by atoms with Crippen LogP contribution in [-0.2, 0) is 9.84 Å². The second kappa shape index (κ2) is 7.07. The minimum absolute atomic E-state index is 0.210. The molecule has 114 valence electrons. The topological polar surface area (TPSA) is 54.4 Å². The van der Waals surface area contributed by atoms with Crippen LogP contribution in [0, 0.1) is 11.8 Å². The van der Waals surface area contributed by atoms with Gasteiger partial charge >= 0.3 is 0 Å². The molecule has 1 N–H and O–H groups in total. The van der Waals surface area contributed by atoms with E-state index in [0.29, 0.717) is 24.7 Å². The maximum atomic E-state index is 11.5. The highest BCUT2D eigenvalue weighted by Gasteiger charge is 2.34. The Bertz CT molecular complexity index is 362. The average Bonchev–Trinajstić information content (AvgIpc) is 2.27. The van der Waals surface area contributed by atoms with Crippen LogP contribution in [-0.4, -0.2) is 30.6 Å². The van der Waals surface area contributed by atoms with E-state index >= 15 is 0 Å². The van der Waals surface area contributed by atoms with Gasteiger partial charge in [-0.05, 0) is 43.9 Å². The summed E-state index contributed by atoms with van der Waals surface area (Å²) >= 11 is 0. The van der Waals surface area contributed by atoms with Crippen LogP contribution in [0.25, 0.3) is 0 Å². The van der Waals surface area contributed by atoms with Crippen LogP contribution in [0.5, 0.6) is 0 Å². The van der Waals surface area contributed by atoms with E-state index in [1.807, 2.05) is 0 Å². The predicted molar refractivity (Wildman–Crippen MR) is 79.9 cm³/mol. The molecule has 1 rings (SSSR count). The van der Waals surface area contributed by atoms with E-state index in [0.717, 1.165) is 19.3 Å². The molecular formula is C15H30O3S.